The quantitative estimate of drug-likeness (QED) is 0.237. The summed E-state index contributed by atoms with van der Waals surface area (Å²) in [5.74, 6) is 0. The Morgan fingerprint density at radius 1 is 0.919 bits per heavy atom. The topological polar surface area (TPSA) is 34.4 Å². The number of rotatable bonds is 3. The molecule has 3 nitrogen and oxygen atoms in total. The number of fused-ring (bicyclic) bond motifs is 1. The van der Waals surface area contributed by atoms with Gasteiger partial charge < -0.3 is 0 Å². The molecule has 37 heavy (non-hydrogen) atoms. The molecule has 2 aliphatic rings. The van der Waals surface area contributed by atoms with E-state index in [1.807, 2.05) is 83.4 Å². The second-order valence-corrected chi connectivity index (χ2v) is 11.8. The molecule has 4 aromatic rings. The lowest BCUT2D eigenvalue weighted by molar-refractivity contribution is 0.553. The standard InChI is InChI=1S/C30H21BrCl2N2OS/c31-21-14-12-18(13-15-21)16-26-29(36)35-28(22-8-2-4-11-25(22)33)23-9-5-7-20(27(23)34-30(35)37-26)17-19-6-1-3-10-24(19)32/h1-4,6,8,10-17,28H,5,7,9H2/b20-17+,26-16-. The molecule has 1 aromatic heterocycles. The number of benzene rings is 3. The highest BCUT2D eigenvalue weighted by Gasteiger charge is 2.33. The lowest BCUT2D eigenvalue weighted by Gasteiger charge is -2.31. The van der Waals surface area contributed by atoms with Crippen LogP contribution in [0.3, 0.4) is 0 Å². The Kier molecular flexibility index (Phi) is 6.80. The second-order valence-electron chi connectivity index (χ2n) is 9.07. The largest absolute Gasteiger partial charge is 0.272 e. The molecule has 0 saturated carbocycles. The smallest absolute Gasteiger partial charge is 0.271 e. The lowest BCUT2D eigenvalue weighted by atomic mass is 9.84. The molecule has 1 aliphatic carbocycles. The van der Waals surface area contributed by atoms with Crippen molar-refractivity contribution in [1.82, 2.24) is 4.57 Å². The number of aromatic nitrogens is 1. The predicted octanol–water partition coefficient (Wildman–Crippen LogP) is 7.55. The molecule has 0 radical (unpaired) electrons. The van der Waals surface area contributed by atoms with Crippen molar-refractivity contribution in [2.75, 3.05) is 0 Å². The van der Waals surface area contributed by atoms with Gasteiger partial charge in [-0.05, 0) is 83.5 Å². The SMILES string of the molecule is O=c1/c(=C/c2ccc(Br)cc2)sc2n1C(c1ccccc1Cl)C1=C(N=2)/C(=C/c2ccccc2Cl)CCC1. The predicted molar refractivity (Wildman–Crippen MR) is 157 cm³/mol. The summed E-state index contributed by atoms with van der Waals surface area (Å²) in [6.45, 7) is 0. The van der Waals surface area contributed by atoms with Crippen LogP contribution in [-0.4, -0.2) is 4.57 Å². The Hall–Kier alpha value is -2.70. The molecule has 1 atom stereocenters. The molecule has 0 amide bonds. The zero-order chi connectivity index (χ0) is 25.5. The van der Waals surface area contributed by atoms with Gasteiger partial charge in [-0.2, -0.15) is 0 Å². The Labute approximate surface area is 236 Å². The first-order valence-electron chi connectivity index (χ1n) is 12.0. The van der Waals surface area contributed by atoms with Crippen molar-refractivity contribution in [2.24, 2.45) is 4.99 Å². The number of hydrogen-bond donors (Lipinski definition) is 0. The zero-order valence-corrected chi connectivity index (χ0v) is 23.5. The van der Waals surface area contributed by atoms with Crippen LogP contribution in [0.1, 0.15) is 42.0 Å². The van der Waals surface area contributed by atoms with Crippen LogP contribution in [0.4, 0.5) is 0 Å². The van der Waals surface area contributed by atoms with E-state index in [0.717, 1.165) is 57.3 Å². The van der Waals surface area contributed by atoms with Gasteiger partial charge in [-0.1, -0.05) is 99.0 Å². The maximum Gasteiger partial charge on any atom is 0.271 e. The summed E-state index contributed by atoms with van der Waals surface area (Å²) < 4.78 is 3.47. The second kappa shape index (κ2) is 10.2. The average molecular weight is 608 g/mol. The van der Waals surface area contributed by atoms with Crippen molar-refractivity contribution in [1.29, 1.82) is 0 Å². The summed E-state index contributed by atoms with van der Waals surface area (Å²) in [5, 5.41) is 1.35. The van der Waals surface area contributed by atoms with E-state index in [4.69, 9.17) is 28.2 Å². The fraction of sp³-hybridized carbons (Fsp3) is 0.133. The van der Waals surface area contributed by atoms with E-state index >= 15 is 0 Å². The first-order valence-corrected chi connectivity index (χ1v) is 14.4. The Balaban J connectivity index is 1.60. The third-order valence-electron chi connectivity index (χ3n) is 6.74. The minimum atomic E-state index is -0.304. The first kappa shape index (κ1) is 24.6. The van der Waals surface area contributed by atoms with E-state index in [9.17, 15) is 4.79 Å². The molecule has 7 heteroatoms. The Morgan fingerprint density at radius 2 is 1.65 bits per heavy atom. The molecule has 1 unspecified atom stereocenters. The summed E-state index contributed by atoms with van der Waals surface area (Å²) in [4.78, 5) is 19.6. The number of nitrogens with zero attached hydrogens (tertiary/aromatic N) is 2. The fourth-order valence-electron chi connectivity index (χ4n) is 5.02. The van der Waals surface area contributed by atoms with Gasteiger partial charge >= 0.3 is 0 Å². The van der Waals surface area contributed by atoms with Crippen molar-refractivity contribution < 1.29 is 0 Å². The highest BCUT2D eigenvalue weighted by atomic mass is 79.9. The van der Waals surface area contributed by atoms with Crippen LogP contribution in [0.2, 0.25) is 10.0 Å². The van der Waals surface area contributed by atoms with E-state index < -0.39 is 0 Å². The number of allylic oxidation sites excluding steroid dienone is 2. The van der Waals surface area contributed by atoms with Gasteiger partial charge in [0.15, 0.2) is 4.80 Å². The van der Waals surface area contributed by atoms with Gasteiger partial charge in [0.05, 0.1) is 16.3 Å². The van der Waals surface area contributed by atoms with Crippen molar-refractivity contribution in [3.05, 3.63) is 141 Å². The van der Waals surface area contributed by atoms with E-state index in [0.29, 0.717) is 19.4 Å². The van der Waals surface area contributed by atoms with Gasteiger partial charge in [0.1, 0.15) is 0 Å². The normalized spacial score (nSPS) is 18.5. The van der Waals surface area contributed by atoms with E-state index in [1.54, 1.807) is 0 Å². The summed E-state index contributed by atoms with van der Waals surface area (Å²) >= 11 is 18.1. The van der Waals surface area contributed by atoms with E-state index in [2.05, 4.69) is 22.0 Å². The van der Waals surface area contributed by atoms with Crippen LogP contribution in [0.15, 0.2) is 104 Å². The highest BCUT2D eigenvalue weighted by molar-refractivity contribution is 9.10. The average Bonchev–Trinajstić information content (AvgIpc) is 3.21. The van der Waals surface area contributed by atoms with Crippen LogP contribution >= 0.6 is 50.5 Å². The van der Waals surface area contributed by atoms with Gasteiger partial charge in [0.2, 0.25) is 0 Å². The molecular weight excluding hydrogens is 587 g/mol. The first-order chi connectivity index (χ1) is 18.0. The molecule has 6 rings (SSSR count). The van der Waals surface area contributed by atoms with Crippen LogP contribution in [0.25, 0.3) is 12.2 Å². The van der Waals surface area contributed by atoms with Crippen molar-refractivity contribution >= 4 is 62.6 Å². The number of halogens is 3. The molecule has 0 spiro atoms. The third-order valence-corrected chi connectivity index (χ3v) is 8.94. The molecule has 3 aromatic carbocycles. The van der Waals surface area contributed by atoms with Crippen molar-refractivity contribution in [3.63, 3.8) is 0 Å². The minimum Gasteiger partial charge on any atom is -0.272 e. The van der Waals surface area contributed by atoms with Gasteiger partial charge in [0, 0.05) is 14.5 Å². The third kappa shape index (κ3) is 4.70. The van der Waals surface area contributed by atoms with Gasteiger partial charge in [-0.25, -0.2) is 4.99 Å². The van der Waals surface area contributed by atoms with Crippen LogP contribution < -0.4 is 14.9 Å². The summed E-state index contributed by atoms with van der Waals surface area (Å²) in [7, 11) is 0. The fourth-order valence-corrected chi connectivity index (χ4v) is 6.72. The lowest BCUT2D eigenvalue weighted by Crippen LogP contribution is -2.39. The molecule has 0 saturated heterocycles. The Bertz CT molecular complexity index is 1770. The molecule has 2 heterocycles. The minimum absolute atomic E-state index is 0.0506. The van der Waals surface area contributed by atoms with Crippen molar-refractivity contribution in [3.8, 4) is 0 Å². The monoisotopic (exact) mass is 606 g/mol. The summed E-state index contributed by atoms with van der Waals surface area (Å²) in [6, 6.07) is 23.3. The molecule has 0 N–H and O–H groups in total. The molecule has 184 valence electrons. The van der Waals surface area contributed by atoms with E-state index in [-0.39, 0.29) is 11.6 Å². The summed E-state index contributed by atoms with van der Waals surface area (Å²) in [6.07, 6.45) is 6.79. The summed E-state index contributed by atoms with van der Waals surface area (Å²) in [5.41, 5.74) is 6.01. The molecule has 0 fully saturated rings. The maximum absolute atomic E-state index is 13.8. The molecule has 0 bridgehead atoms. The number of hydrogen-bond acceptors (Lipinski definition) is 3. The van der Waals surface area contributed by atoms with Gasteiger partial charge in [-0.15, -0.1) is 0 Å². The van der Waals surface area contributed by atoms with Gasteiger partial charge in [-0.3, -0.25) is 9.36 Å². The van der Waals surface area contributed by atoms with Crippen molar-refractivity contribution in [2.45, 2.75) is 25.3 Å². The Morgan fingerprint density at radius 3 is 2.41 bits per heavy atom. The van der Waals surface area contributed by atoms with Crippen LogP contribution in [0.5, 0.6) is 0 Å². The molecule has 1 aliphatic heterocycles. The maximum atomic E-state index is 13.8. The zero-order valence-electron chi connectivity index (χ0n) is 19.6. The van der Waals surface area contributed by atoms with Crippen LogP contribution in [0, 0.1) is 0 Å². The van der Waals surface area contributed by atoms with Crippen LogP contribution in [-0.2, 0) is 0 Å². The molecular formula is C30H21BrCl2N2OS. The number of thiazole rings is 1. The van der Waals surface area contributed by atoms with Gasteiger partial charge in [0.25, 0.3) is 5.56 Å². The highest BCUT2D eigenvalue weighted by Crippen LogP contribution is 2.42. The van der Waals surface area contributed by atoms with E-state index in [1.165, 1.54) is 11.3 Å².